The standard InChI is InChI=1S/C15H24N2O.ClH/c1-9-7-6-8-14(10(9)2)13(5)17-15(18)11(3)12(4)16;/h6-8,11-13H,16H2,1-5H3,(H,17,18);1H. The zero-order chi connectivity index (χ0) is 13.9. The molecule has 1 aromatic rings. The lowest BCUT2D eigenvalue weighted by molar-refractivity contribution is -0.125. The third-order valence-corrected chi connectivity index (χ3v) is 3.67. The second-order valence-electron chi connectivity index (χ2n) is 5.17. The van der Waals surface area contributed by atoms with E-state index in [-0.39, 0.29) is 36.3 Å². The van der Waals surface area contributed by atoms with E-state index in [0.717, 1.165) is 0 Å². The Morgan fingerprint density at radius 3 is 2.32 bits per heavy atom. The van der Waals surface area contributed by atoms with Crippen LogP contribution in [0.2, 0.25) is 0 Å². The van der Waals surface area contributed by atoms with Crippen molar-refractivity contribution < 1.29 is 4.79 Å². The highest BCUT2D eigenvalue weighted by Gasteiger charge is 2.20. The van der Waals surface area contributed by atoms with E-state index in [9.17, 15) is 4.79 Å². The lowest BCUT2D eigenvalue weighted by Gasteiger charge is -2.21. The Hall–Kier alpha value is -1.06. The SMILES string of the molecule is Cc1cccc(C(C)NC(=O)C(C)C(C)N)c1C.Cl. The second-order valence-corrected chi connectivity index (χ2v) is 5.17. The lowest BCUT2D eigenvalue weighted by atomic mass is 9.97. The first-order chi connectivity index (χ1) is 8.34. The first-order valence-electron chi connectivity index (χ1n) is 6.46. The number of carbonyl (C=O) groups excluding carboxylic acids is 1. The molecule has 0 aliphatic carbocycles. The van der Waals surface area contributed by atoms with E-state index in [1.54, 1.807) is 0 Å². The van der Waals surface area contributed by atoms with Gasteiger partial charge in [-0.2, -0.15) is 0 Å². The Labute approximate surface area is 122 Å². The first kappa shape index (κ1) is 17.9. The highest BCUT2D eigenvalue weighted by Crippen LogP contribution is 2.20. The van der Waals surface area contributed by atoms with Crippen molar-refractivity contribution in [1.82, 2.24) is 5.32 Å². The van der Waals surface area contributed by atoms with Crippen molar-refractivity contribution in [3.63, 3.8) is 0 Å². The average molecular weight is 285 g/mol. The molecule has 1 rings (SSSR count). The van der Waals surface area contributed by atoms with E-state index in [2.05, 4.69) is 31.3 Å². The Balaban J connectivity index is 0.00000324. The summed E-state index contributed by atoms with van der Waals surface area (Å²) in [5.41, 5.74) is 9.39. The van der Waals surface area contributed by atoms with Crippen LogP contribution in [0.3, 0.4) is 0 Å². The molecular formula is C15H25ClN2O. The predicted octanol–water partition coefficient (Wildman–Crippen LogP) is 2.89. The summed E-state index contributed by atoms with van der Waals surface area (Å²) >= 11 is 0. The highest BCUT2D eigenvalue weighted by atomic mass is 35.5. The number of hydrogen-bond acceptors (Lipinski definition) is 2. The van der Waals surface area contributed by atoms with Gasteiger partial charge in [-0.15, -0.1) is 12.4 Å². The molecule has 19 heavy (non-hydrogen) atoms. The molecule has 108 valence electrons. The highest BCUT2D eigenvalue weighted by molar-refractivity contribution is 5.85. The van der Waals surface area contributed by atoms with Gasteiger partial charge in [0.2, 0.25) is 5.91 Å². The van der Waals surface area contributed by atoms with Gasteiger partial charge in [0, 0.05) is 12.0 Å². The van der Waals surface area contributed by atoms with Crippen molar-refractivity contribution in [3.05, 3.63) is 34.9 Å². The number of hydrogen-bond donors (Lipinski definition) is 2. The van der Waals surface area contributed by atoms with Gasteiger partial charge >= 0.3 is 0 Å². The number of carbonyl (C=O) groups is 1. The summed E-state index contributed by atoms with van der Waals surface area (Å²) in [5, 5.41) is 3.03. The van der Waals surface area contributed by atoms with Crippen LogP contribution in [-0.2, 0) is 4.79 Å². The molecule has 0 spiro atoms. The van der Waals surface area contributed by atoms with Crippen LogP contribution in [0.4, 0.5) is 0 Å². The van der Waals surface area contributed by atoms with E-state index in [1.807, 2.05) is 26.8 Å². The molecular weight excluding hydrogens is 260 g/mol. The summed E-state index contributed by atoms with van der Waals surface area (Å²) in [7, 11) is 0. The van der Waals surface area contributed by atoms with E-state index in [0.29, 0.717) is 0 Å². The molecule has 1 aromatic carbocycles. The summed E-state index contributed by atoms with van der Waals surface area (Å²) in [4.78, 5) is 12.0. The van der Waals surface area contributed by atoms with Crippen LogP contribution in [0.15, 0.2) is 18.2 Å². The summed E-state index contributed by atoms with van der Waals surface area (Å²) in [6, 6.07) is 6.05. The summed E-state index contributed by atoms with van der Waals surface area (Å²) in [6.07, 6.45) is 0. The van der Waals surface area contributed by atoms with Gasteiger partial charge in [0.1, 0.15) is 0 Å². The minimum Gasteiger partial charge on any atom is -0.349 e. The van der Waals surface area contributed by atoms with E-state index >= 15 is 0 Å². The van der Waals surface area contributed by atoms with Crippen LogP contribution < -0.4 is 11.1 Å². The van der Waals surface area contributed by atoms with Crippen LogP contribution in [0.25, 0.3) is 0 Å². The normalized spacial score (nSPS) is 15.1. The molecule has 0 aromatic heterocycles. The third kappa shape index (κ3) is 4.51. The maximum absolute atomic E-state index is 12.0. The van der Waals surface area contributed by atoms with Crippen molar-refractivity contribution in [2.75, 3.05) is 0 Å². The zero-order valence-electron chi connectivity index (χ0n) is 12.4. The Morgan fingerprint density at radius 2 is 1.79 bits per heavy atom. The molecule has 0 aliphatic heterocycles. The van der Waals surface area contributed by atoms with E-state index < -0.39 is 0 Å². The van der Waals surface area contributed by atoms with Crippen LogP contribution in [0.5, 0.6) is 0 Å². The van der Waals surface area contributed by atoms with Crippen LogP contribution in [-0.4, -0.2) is 11.9 Å². The van der Waals surface area contributed by atoms with Gasteiger partial charge in [-0.25, -0.2) is 0 Å². The quantitative estimate of drug-likeness (QED) is 0.893. The largest absolute Gasteiger partial charge is 0.349 e. The molecule has 3 atom stereocenters. The molecule has 0 aliphatic rings. The summed E-state index contributed by atoms with van der Waals surface area (Å²) < 4.78 is 0. The number of aryl methyl sites for hydroxylation is 1. The van der Waals surface area contributed by atoms with Gasteiger partial charge in [0.05, 0.1) is 6.04 Å². The number of halogens is 1. The van der Waals surface area contributed by atoms with Gasteiger partial charge < -0.3 is 11.1 Å². The van der Waals surface area contributed by atoms with Crippen molar-refractivity contribution in [2.45, 2.75) is 46.7 Å². The fraction of sp³-hybridized carbons (Fsp3) is 0.533. The van der Waals surface area contributed by atoms with Crippen molar-refractivity contribution in [3.8, 4) is 0 Å². The zero-order valence-corrected chi connectivity index (χ0v) is 13.2. The fourth-order valence-corrected chi connectivity index (χ4v) is 1.90. The Morgan fingerprint density at radius 1 is 1.21 bits per heavy atom. The molecule has 4 heteroatoms. The molecule has 3 nitrogen and oxygen atoms in total. The Bertz CT molecular complexity index is 432. The molecule has 0 radical (unpaired) electrons. The Kier molecular flexibility index (Phi) is 7.09. The number of amides is 1. The number of benzene rings is 1. The molecule has 0 saturated carbocycles. The number of nitrogens with two attached hydrogens (primary N) is 1. The van der Waals surface area contributed by atoms with Gasteiger partial charge in [0.25, 0.3) is 0 Å². The monoisotopic (exact) mass is 284 g/mol. The van der Waals surface area contributed by atoms with Crippen LogP contribution >= 0.6 is 12.4 Å². The maximum Gasteiger partial charge on any atom is 0.224 e. The molecule has 0 heterocycles. The molecule has 0 saturated heterocycles. The third-order valence-electron chi connectivity index (χ3n) is 3.67. The van der Waals surface area contributed by atoms with Gasteiger partial charge in [-0.05, 0) is 44.4 Å². The maximum atomic E-state index is 12.0. The molecule has 3 unspecified atom stereocenters. The lowest BCUT2D eigenvalue weighted by Crippen LogP contribution is -2.39. The predicted molar refractivity (Wildman–Crippen MR) is 82.5 cm³/mol. The van der Waals surface area contributed by atoms with Gasteiger partial charge in [-0.1, -0.05) is 25.1 Å². The first-order valence-corrected chi connectivity index (χ1v) is 6.46. The minimum absolute atomic E-state index is 0. The van der Waals surface area contributed by atoms with Crippen molar-refractivity contribution in [1.29, 1.82) is 0 Å². The summed E-state index contributed by atoms with van der Waals surface area (Å²) in [5.74, 6) is -0.157. The van der Waals surface area contributed by atoms with E-state index in [1.165, 1.54) is 16.7 Å². The van der Waals surface area contributed by atoms with Crippen LogP contribution in [0, 0.1) is 19.8 Å². The average Bonchev–Trinajstić information content (AvgIpc) is 2.31. The fourth-order valence-electron chi connectivity index (χ4n) is 1.90. The van der Waals surface area contributed by atoms with Crippen molar-refractivity contribution >= 4 is 18.3 Å². The van der Waals surface area contributed by atoms with E-state index in [4.69, 9.17) is 5.73 Å². The van der Waals surface area contributed by atoms with Gasteiger partial charge in [0.15, 0.2) is 0 Å². The van der Waals surface area contributed by atoms with Gasteiger partial charge in [-0.3, -0.25) is 4.79 Å². The topological polar surface area (TPSA) is 55.1 Å². The number of rotatable bonds is 4. The molecule has 0 bridgehead atoms. The van der Waals surface area contributed by atoms with Crippen LogP contribution in [0.1, 0.15) is 43.5 Å². The molecule has 3 N–H and O–H groups in total. The summed E-state index contributed by atoms with van der Waals surface area (Å²) in [6.45, 7) is 9.89. The minimum atomic E-state index is -0.169. The van der Waals surface area contributed by atoms with Crippen molar-refractivity contribution in [2.24, 2.45) is 11.7 Å². The smallest absolute Gasteiger partial charge is 0.224 e. The molecule has 0 fully saturated rings. The second kappa shape index (κ2) is 7.51. The molecule has 1 amide bonds. The number of nitrogens with one attached hydrogen (secondary N) is 1.